The van der Waals surface area contributed by atoms with Crippen LogP contribution in [0.4, 0.5) is 0 Å². The third kappa shape index (κ3) is 6.77. The van der Waals surface area contributed by atoms with Crippen molar-refractivity contribution in [3.8, 4) is 0 Å². The fourth-order valence-electron chi connectivity index (χ4n) is 3.64. The van der Waals surface area contributed by atoms with Gasteiger partial charge in [0, 0.05) is 25.0 Å². The number of hydrogen-bond acceptors (Lipinski definition) is 6. The zero-order valence-corrected chi connectivity index (χ0v) is 20.0. The molecule has 6 nitrogen and oxygen atoms in total. The van der Waals surface area contributed by atoms with Crippen LogP contribution in [-0.2, 0) is 18.6 Å². The van der Waals surface area contributed by atoms with Gasteiger partial charge in [0.05, 0.1) is 17.2 Å². The van der Waals surface area contributed by atoms with Crippen LogP contribution in [0.2, 0.25) is 0 Å². The number of aromatic nitrogens is 1. The maximum Gasteiger partial charge on any atom is 0.191 e. The standard InChI is InChI=1S/C22H35N5OS2/c1-4-20-26-19(15-30-20)13-27-9-6-17(7-10-27)12-24-21(23-5-2)25-16-22(3,28)18-8-11-29-14-18/h8,11,14-15,17,28H,4-7,9-10,12-13,16H2,1-3H3,(H2,23,24,25). The highest BCUT2D eigenvalue weighted by molar-refractivity contribution is 7.09. The first kappa shape index (κ1) is 23.2. The molecule has 8 heteroatoms. The molecule has 30 heavy (non-hydrogen) atoms. The van der Waals surface area contributed by atoms with Gasteiger partial charge >= 0.3 is 0 Å². The molecule has 1 atom stereocenters. The van der Waals surface area contributed by atoms with Gasteiger partial charge in [-0.2, -0.15) is 11.3 Å². The van der Waals surface area contributed by atoms with E-state index in [-0.39, 0.29) is 0 Å². The van der Waals surface area contributed by atoms with Gasteiger partial charge in [-0.25, -0.2) is 9.98 Å². The van der Waals surface area contributed by atoms with Crippen LogP contribution in [-0.4, -0.2) is 53.7 Å². The van der Waals surface area contributed by atoms with Crippen LogP contribution in [0, 0.1) is 5.92 Å². The van der Waals surface area contributed by atoms with E-state index in [4.69, 9.17) is 4.98 Å². The molecule has 2 aromatic rings. The van der Waals surface area contributed by atoms with Crippen molar-refractivity contribution in [2.45, 2.75) is 52.2 Å². The quantitative estimate of drug-likeness (QED) is 0.404. The van der Waals surface area contributed by atoms with Crippen LogP contribution in [0.5, 0.6) is 0 Å². The number of guanidine groups is 1. The first-order valence-corrected chi connectivity index (χ1v) is 12.7. The highest BCUT2D eigenvalue weighted by atomic mass is 32.1. The molecule has 1 aliphatic rings. The fraction of sp³-hybridized carbons (Fsp3) is 0.636. The maximum absolute atomic E-state index is 10.7. The number of rotatable bonds is 9. The lowest BCUT2D eigenvalue weighted by Gasteiger charge is -2.32. The monoisotopic (exact) mass is 449 g/mol. The first-order valence-electron chi connectivity index (χ1n) is 10.9. The lowest BCUT2D eigenvalue weighted by molar-refractivity contribution is 0.0677. The number of nitrogens with one attached hydrogen (secondary N) is 2. The molecule has 3 heterocycles. The SMILES string of the molecule is CCNC(=NCC(C)(O)c1ccsc1)NCC1CCN(Cc2csc(CC)n2)CC1. The molecule has 0 amide bonds. The fourth-order valence-corrected chi connectivity index (χ4v) is 5.16. The topological polar surface area (TPSA) is 72.8 Å². The van der Waals surface area contributed by atoms with Crippen LogP contribution in [0.25, 0.3) is 0 Å². The number of aryl methyl sites for hydroxylation is 1. The van der Waals surface area contributed by atoms with Gasteiger partial charge in [0.2, 0.25) is 0 Å². The minimum atomic E-state index is -0.943. The molecule has 0 bridgehead atoms. The molecule has 0 radical (unpaired) electrons. The number of aliphatic imine (C=N–C) groups is 1. The number of likely N-dealkylation sites (tertiary alicyclic amines) is 1. The Kier molecular flexibility index (Phi) is 8.68. The normalized spacial score (nSPS) is 18.3. The van der Waals surface area contributed by atoms with Gasteiger partial charge in [0.15, 0.2) is 5.96 Å². The lowest BCUT2D eigenvalue weighted by atomic mass is 9.97. The number of aliphatic hydroxyl groups is 1. The van der Waals surface area contributed by atoms with Crippen LogP contribution in [0.15, 0.2) is 27.2 Å². The highest BCUT2D eigenvalue weighted by Crippen LogP contribution is 2.23. The van der Waals surface area contributed by atoms with Crippen molar-refractivity contribution < 1.29 is 5.11 Å². The number of piperidine rings is 1. The summed E-state index contributed by atoms with van der Waals surface area (Å²) >= 11 is 3.37. The van der Waals surface area contributed by atoms with Crippen molar-refractivity contribution in [3.05, 3.63) is 38.5 Å². The molecule has 3 N–H and O–H groups in total. The molecule has 0 saturated carbocycles. The van der Waals surface area contributed by atoms with Crippen LogP contribution >= 0.6 is 22.7 Å². The Bertz CT molecular complexity index is 779. The minimum absolute atomic E-state index is 0.338. The molecule has 1 saturated heterocycles. The Morgan fingerprint density at radius 2 is 2.10 bits per heavy atom. The largest absolute Gasteiger partial charge is 0.383 e. The van der Waals surface area contributed by atoms with E-state index < -0.39 is 5.60 Å². The zero-order valence-electron chi connectivity index (χ0n) is 18.4. The summed E-state index contributed by atoms with van der Waals surface area (Å²) in [5.74, 6) is 1.43. The van der Waals surface area contributed by atoms with E-state index >= 15 is 0 Å². The maximum atomic E-state index is 10.7. The smallest absolute Gasteiger partial charge is 0.191 e. The molecule has 1 fully saturated rings. The second kappa shape index (κ2) is 11.2. The number of hydrogen-bond donors (Lipinski definition) is 3. The summed E-state index contributed by atoms with van der Waals surface area (Å²) in [5.41, 5.74) is 1.19. The minimum Gasteiger partial charge on any atom is -0.383 e. The predicted octanol–water partition coefficient (Wildman–Crippen LogP) is 3.44. The van der Waals surface area contributed by atoms with Crippen molar-refractivity contribution in [2.75, 3.05) is 32.7 Å². The molecular weight excluding hydrogens is 414 g/mol. The summed E-state index contributed by atoms with van der Waals surface area (Å²) < 4.78 is 0. The van der Waals surface area contributed by atoms with Crippen molar-refractivity contribution in [3.63, 3.8) is 0 Å². The van der Waals surface area contributed by atoms with E-state index in [0.29, 0.717) is 12.5 Å². The van der Waals surface area contributed by atoms with Crippen LogP contribution < -0.4 is 10.6 Å². The number of nitrogens with zero attached hydrogens (tertiary/aromatic N) is 3. The summed E-state index contributed by atoms with van der Waals surface area (Å²) in [6, 6.07) is 1.96. The molecule has 166 valence electrons. The molecule has 2 aromatic heterocycles. The molecule has 1 aliphatic heterocycles. The van der Waals surface area contributed by atoms with E-state index in [1.807, 2.05) is 23.8 Å². The van der Waals surface area contributed by atoms with Gasteiger partial charge in [-0.3, -0.25) is 4.90 Å². The summed E-state index contributed by atoms with van der Waals surface area (Å²) in [4.78, 5) is 11.9. The molecule has 1 unspecified atom stereocenters. The van der Waals surface area contributed by atoms with E-state index in [1.165, 1.54) is 23.5 Å². The Balaban J connectivity index is 1.44. The van der Waals surface area contributed by atoms with Crippen molar-refractivity contribution in [2.24, 2.45) is 10.9 Å². The van der Waals surface area contributed by atoms with Crippen molar-refractivity contribution in [1.29, 1.82) is 0 Å². The Hall–Kier alpha value is -1.48. The third-order valence-electron chi connectivity index (χ3n) is 5.59. The molecule has 3 rings (SSSR count). The third-order valence-corrected chi connectivity index (χ3v) is 7.31. The van der Waals surface area contributed by atoms with Gasteiger partial charge < -0.3 is 15.7 Å². The van der Waals surface area contributed by atoms with Gasteiger partial charge in [0.1, 0.15) is 5.60 Å². The van der Waals surface area contributed by atoms with E-state index in [9.17, 15) is 5.11 Å². The second-order valence-corrected chi connectivity index (χ2v) is 9.89. The van der Waals surface area contributed by atoms with Crippen LogP contribution in [0.1, 0.15) is 49.9 Å². The van der Waals surface area contributed by atoms with E-state index in [0.717, 1.165) is 50.7 Å². The first-order chi connectivity index (χ1) is 14.5. The molecule has 0 spiro atoms. The van der Waals surface area contributed by atoms with Crippen molar-refractivity contribution in [1.82, 2.24) is 20.5 Å². The Morgan fingerprint density at radius 1 is 1.30 bits per heavy atom. The molecule has 0 aliphatic carbocycles. The Labute approximate surface area is 188 Å². The van der Waals surface area contributed by atoms with Gasteiger partial charge in [-0.05, 0) is 74.5 Å². The molecular formula is C22H35N5OS2. The summed E-state index contributed by atoms with van der Waals surface area (Å²) in [7, 11) is 0. The summed E-state index contributed by atoms with van der Waals surface area (Å²) in [6.45, 7) is 11.3. The van der Waals surface area contributed by atoms with Crippen molar-refractivity contribution >= 4 is 28.6 Å². The average molecular weight is 450 g/mol. The summed E-state index contributed by atoms with van der Waals surface area (Å²) in [6.07, 6.45) is 3.39. The van der Waals surface area contributed by atoms with E-state index in [1.54, 1.807) is 22.7 Å². The lowest BCUT2D eigenvalue weighted by Crippen LogP contribution is -2.43. The van der Waals surface area contributed by atoms with Crippen LogP contribution in [0.3, 0.4) is 0 Å². The molecule has 0 aromatic carbocycles. The number of thiophene rings is 1. The zero-order chi connectivity index (χ0) is 21.4. The average Bonchev–Trinajstić information content (AvgIpc) is 3.44. The summed E-state index contributed by atoms with van der Waals surface area (Å²) in [5, 5.41) is 24.9. The predicted molar refractivity (Wildman–Crippen MR) is 127 cm³/mol. The van der Waals surface area contributed by atoms with Gasteiger partial charge in [0.25, 0.3) is 0 Å². The van der Waals surface area contributed by atoms with E-state index in [2.05, 4.69) is 39.8 Å². The second-order valence-electron chi connectivity index (χ2n) is 8.17. The van der Waals surface area contributed by atoms with Gasteiger partial charge in [-0.15, -0.1) is 11.3 Å². The highest BCUT2D eigenvalue weighted by Gasteiger charge is 2.24. The Morgan fingerprint density at radius 3 is 2.73 bits per heavy atom. The van der Waals surface area contributed by atoms with Gasteiger partial charge in [-0.1, -0.05) is 6.92 Å². The number of thiazole rings is 1.